The molecule has 0 amide bonds. The lowest BCUT2D eigenvalue weighted by Gasteiger charge is -2.41. The third-order valence-electron chi connectivity index (χ3n) is 3.00. The van der Waals surface area contributed by atoms with E-state index in [0.717, 1.165) is 32.7 Å². The minimum absolute atomic E-state index is 0.217. The topological polar surface area (TPSA) is 38.7 Å². The van der Waals surface area contributed by atoms with Gasteiger partial charge >= 0.3 is 0 Å². The molecule has 1 unspecified atom stereocenters. The van der Waals surface area contributed by atoms with Crippen LogP contribution >= 0.6 is 0 Å². The standard InChI is InChI=1S/C9H19N3O/c13-12-7-4-10-8-9(12)11-5-2-1-3-6-11/h9-10,13H,1-8H2. The van der Waals surface area contributed by atoms with Crippen molar-refractivity contribution in [2.24, 2.45) is 0 Å². The van der Waals surface area contributed by atoms with Crippen molar-refractivity contribution in [3.8, 4) is 0 Å². The molecular formula is C9H19N3O. The normalized spacial score (nSPS) is 33.5. The highest BCUT2D eigenvalue weighted by atomic mass is 16.5. The average molecular weight is 185 g/mol. The van der Waals surface area contributed by atoms with Gasteiger partial charge in [0.2, 0.25) is 0 Å². The van der Waals surface area contributed by atoms with Crippen molar-refractivity contribution in [2.45, 2.75) is 25.4 Å². The molecule has 13 heavy (non-hydrogen) atoms. The summed E-state index contributed by atoms with van der Waals surface area (Å²) in [6.45, 7) is 4.84. The number of likely N-dealkylation sites (tertiary alicyclic amines) is 1. The Morgan fingerprint density at radius 2 is 1.85 bits per heavy atom. The lowest BCUT2D eigenvalue weighted by Crippen LogP contribution is -2.58. The minimum Gasteiger partial charge on any atom is -0.312 e. The first-order valence-corrected chi connectivity index (χ1v) is 5.28. The summed E-state index contributed by atoms with van der Waals surface area (Å²) in [6.07, 6.45) is 4.13. The van der Waals surface area contributed by atoms with Gasteiger partial charge in [-0.1, -0.05) is 6.42 Å². The number of hydroxylamine groups is 2. The molecule has 2 saturated heterocycles. The van der Waals surface area contributed by atoms with E-state index >= 15 is 0 Å². The van der Waals surface area contributed by atoms with Gasteiger partial charge in [-0.3, -0.25) is 4.90 Å². The minimum atomic E-state index is 0.217. The molecule has 2 rings (SSSR count). The van der Waals surface area contributed by atoms with Crippen LogP contribution in [0.3, 0.4) is 0 Å². The second-order valence-corrected chi connectivity index (χ2v) is 3.94. The molecule has 2 aliphatic heterocycles. The zero-order valence-electron chi connectivity index (χ0n) is 8.08. The molecular weight excluding hydrogens is 166 g/mol. The van der Waals surface area contributed by atoms with Gasteiger partial charge in [0, 0.05) is 19.6 Å². The molecule has 0 bridgehead atoms. The Hall–Kier alpha value is -0.160. The number of rotatable bonds is 1. The molecule has 2 aliphatic rings. The van der Waals surface area contributed by atoms with Crippen LogP contribution < -0.4 is 5.32 Å². The van der Waals surface area contributed by atoms with Crippen LogP contribution in [0.4, 0.5) is 0 Å². The molecule has 4 heteroatoms. The number of nitrogens with zero attached hydrogens (tertiary/aromatic N) is 2. The molecule has 0 saturated carbocycles. The summed E-state index contributed by atoms with van der Waals surface area (Å²) in [5.74, 6) is 0. The van der Waals surface area contributed by atoms with Crippen molar-refractivity contribution >= 4 is 0 Å². The average Bonchev–Trinajstić information content (AvgIpc) is 2.20. The zero-order chi connectivity index (χ0) is 9.10. The highest BCUT2D eigenvalue weighted by Gasteiger charge is 2.27. The monoisotopic (exact) mass is 185 g/mol. The van der Waals surface area contributed by atoms with Gasteiger partial charge in [-0.05, 0) is 25.9 Å². The number of nitrogens with one attached hydrogen (secondary N) is 1. The fraction of sp³-hybridized carbons (Fsp3) is 1.00. The Kier molecular flexibility index (Phi) is 3.16. The van der Waals surface area contributed by atoms with Gasteiger partial charge in [0.05, 0.1) is 6.17 Å². The van der Waals surface area contributed by atoms with Crippen LogP contribution in [0.15, 0.2) is 0 Å². The van der Waals surface area contributed by atoms with E-state index in [4.69, 9.17) is 0 Å². The van der Waals surface area contributed by atoms with Crippen molar-refractivity contribution in [1.82, 2.24) is 15.3 Å². The van der Waals surface area contributed by atoms with Gasteiger partial charge in [0.25, 0.3) is 0 Å². The summed E-state index contributed by atoms with van der Waals surface area (Å²) in [5, 5.41) is 14.5. The maximum Gasteiger partial charge on any atom is 0.0992 e. The Bertz CT molecular complexity index is 159. The van der Waals surface area contributed by atoms with Crippen molar-refractivity contribution in [2.75, 3.05) is 32.7 Å². The van der Waals surface area contributed by atoms with Crippen LogP contribution in [0.1, 0.15) is 19.3 Å². The largest absolute Gasteiger partial charge is 0.312 e. The molecule has 0 aromatic rings. The maximum absolute atomic E-state index is 9.67. The number of hydrogen-bond donors (Lipinski definition) is 2. The van der Waals surface area contributed by atoms with E-state index in [1.54, 1.807) is 0 Å². The molecule has 0 aromatic carbocycles. The first kappa shape index (κ1) is 9.40. The van der Waals surface area contributed by atoms with Gasteiger partial charge in [-0.15, -0.1) is 0 Å². The van der Waals surface area contributed by atoms with E-state index in [1.165, 1.54) is 24.3 Å². The summed E-state index contributed by atoms with van der Waals surface area (Å²) >= 11 is 0. The van der Waals surface area contributed by atoms with Crippen LogP contribution in [0.25, 0.3) is 0 Å². The SMILES string of the molecule is ON1CCNCC1N1CCCCC1. The lowest BCUT2D eigenvalue weighted by molar-refractivity contribution is -0.182. The highest BCUT2D eigenvalue weighted by molar-refractivity contribution is 4.77. The molecule has 0 aromatic heterocycles. The van der Waals surface area contributed by atoms with Crippen LogP contribution in [0.2, 0.25) is 0 Å². The van der Waals surface area contributed by atoms with Gasteiger partial charge in [0.15, 0.2) is 0 Å². The molecule has 0 spiro atoms. The number of hydrogen-bond acceptors (Lipinski definition) is 4. The van der Waals surface area contributed by atoms with E-state index in [9.17, 15) is 5.21 Å². The van der Waals surface area contributed by atoms with Crippen LogP contribution in [-0.2, 0) is 0 Å². The van der Waals surface area contributed by atoms with Crippen LogP contribution in [-0.4, -0.2) is 54.1 Å². The Balaban J connectivity index is 1.88. The van der Waals surface area contributed by atoms with E-state index in [-0.39, 0.29) is 6.17 Å². The summed E-state index contributed by atoms with van der Waals surface area (Å²) in [4.78, 5) is 2.38. The van der Waals surface area contributed by atoms with E-state index in [1.807, 2.05) is 0 Å². The molecule has 4 nitrogen and oxygen atoms in total. The van der Waals surface area contributed by atoms with Gasteiger partial charge in [-0.25, -0.2) is 0 Å². The first-order valence-electron chi connectivity index (χ1n) is 5.28. The van der Waals surface area contributed by atoms with E-state index in [0.29, 0.717) is 0 Å². The van der Waals surface area contributed by atoms with E-state index < -0.39 is 0 Å². The summed E-state index contributed by atoms with van der Waals surface area (Å²) in [6, 6.07) is 0. The predicted octanol–water partition coefficient (Wildman–Crippen LogP) is 0.0928. The van der Waals surface area contributed by atoms with Gasteiger partial charge in [-0.2, -0.15) is 5.06 Å². The molecule has 76 valence electrons. The highest BCUT2D eigenvalue weighted by Crippen LogP contribution is 2.14. The molecule has 0 radical (unpaired) electrons. The molecule has 2 fully saturated rings. The second-order valence-electron chi connectivity index (χ2n) is 3.94. The van der Waals surface area contributed by atoms with Gasteiger partial charge in [0.1, 0.15) is 0 Å². The smallest absolute Gasteiger partial charge is 0.0992 e. The Morgan fingerprint density at radius 3 is 2.54 bits per heavy atom. The first-order chi connectivity index (χ1) is 6.38. The maximum atomic E-state index is 9.67. The van der Waals surface area contributed by atoms with E-state index in [2.05, 4.69) is 10.2 Å². The molecule has 2 heterocycles. The third-order valence-corrected chi connectivity index (χ3v) is 3.00. The Morgan fingerprint density at radius 1 is 1.08 bits per heavy atom. The third kappa shape index (κ3) is 2.20. The zero-order valence-corrected chi connectivity index (χ0v) is 8.08. The summed E-state index contributed by atoms with van der Waals surface area (Å²) < 4.78 is 0. The van der Waals surface area contributed by atoms with Crippen molar-refractivity contribution in [3.63, 3.8) is 0 Å². The van der Waals surface area contributed by atoms with Crippen molar-refractivity contribution < 1.29 is 5.21 Å². The Labute approximate surface area is 79.5 Å². The fourth-order valence-corrected chi connectivity index (χ4v) is 2.21. The van der Waals surface area contributed by atoms with Crippen LogP contribution in [0, 0.1) is 0 Å². The molecule has 2 N–H and O–H groups in total. The second kappa shape index (κ2) is 4.37. The number of piperidine rings is 1. The predicted molar refractivity (Wildman–Crippen MR) is 50.6 cm³/mol. The lowest BCUT2D eigenvalue weighted by atomic mass is 10.1. The molecule has 0 aliphatic carbocycles. The summed E-state index contributed by atoms with van der Waals surface area (Å²) in [5.41, 5.74) is 0. The molecule has 1 atom stereocenters. The summed E-state index contributed by atoms with van der Waals surface area (Å²) in [7, 11) is 0. The van der Waals surface area contributed by atoms with Crippen molar-refractivity contribution in [1.29, 1.82) is 0 Å². The quantitative estimate of drug-likeness (QED) is 0.607. The van der Waals surface area contributed by atoms with Crippen LogP contribution in [0.5, 0.6) is 0 Å². The fourth-order valence-electron chi connectivity index (χ4n) is 2.21. The number of piperazine rings is 1. The van der Waals surface area contributed by atoms with Gasteiger partial charge < -0.3 is 10.5 Å². The van der Waals surface area contributed by atoms with Crippen molar-refractivity contribution in [3.05, 3.63) is 0 Å².